The molecule has 0 unspecified atom stereocenters. The van der Waals surface area contributed by atoms with Gasteiger partial charge < -0.3 is 15.2 Å². The fourth-order valence-electron chi connectivity index (χ4n) is 4.06. The standard InChI is InChI=1S/C21H19FN8O/c22-13-2-1-6-30-17(13)8-15(28-30)20-19-14(24-11-25-19)5-7-29(20)18-10-23-9-16(27-18)21(31)26-12-3-4-12/h1-2,6,8-12,20H,3-5,7H2,(H,24,25)(H,26,31)/t20-/m1/s1. The van der Waals surface area contributed by atoms with Crippen molar-refractivity contribution in [3.63, 3.8) is 0 Å². The van der Waals surface area contributed by atoms with Crippen LogP contribution in [-0.4, -0.2) is 48.0 Å². The molecule has 156 valence electrons. The van der Waals surface area contributed by atoms with E-state index in [4.69, 9.17) is 0 Å². The maximum absolute atomic E-state index is 14.3. The minimum Gasteiger partial charge on any atom is -0.348 e. The minimum absolute atomic E-state index is 0.220. The van der Waals surface area contributed by atoms with Gasteiger partial charge in [-0.3, -0.25) is 9.78 Å². The van der Waals surface area contributed by atoms with Crippen molar-refractivity contribution in [2.75, 3.05) is 11.4 Å². The number of aromatic amines is 1. The van der Waals surface area contributed by atoms with Gasteiger partial charge in [-0.2, -0.15) is 5.10 Å². The molecular formula is C21H19FN8O. The molecule has 0 saturated heterocycles. The van der Waals surface area contributed by atoms with E-state index in [9.17, 15) is 9.18 Å². The summed E-state index contributed by atoms with van der Waals surface area (Å²) in [6, 6.07) is 4.64. The van der Waals surface area contributed by atoms with Crippen molar-refractivity contribution < 1.29 is 9.18 Å². The van der Waals surface area contributed by atoms with Crippen molar-refractivity contribution in [2.24, 2.45) is 0 Å². The normalized spacial score (nSPS) is 18.2. The quantitative estimate of drug-likeness (QED) is 0.526. The third kappa shape index (κ3) is 3.11. The maximum atomic E-state index is 14.3. The predicted octanol–water partition coefficient (Wildman–Crippen LogP) is 2.03. The number of rotatable bonds is 4. The number of imidazole rings is 1. The Hall–Kier alpha value is -3.82. The summed E-state index contributed by atoms with van der Waals surface area (Å²) >= 11 is 0. The summed E-state index contributed by atoms with van der Waals surface area (Å²) in [5.41, 5.74) is 3.15. The van der Waals surface area contributed by atoms with E-state index in [0.29, 0.717) is 30.0 Å². The molecule has 0 bridgehead atoms. The number of hydrogen-bond acceptors (Lipinski definition) is 6. The lowest BCUT2D eigenvalue weighted by molar-refractivity contribution is 0.0945. The molecule has 6 rings (SSSR count). The second kappa shape index (κ2) is 6.86. The van der Waals surface area contributed by atoms with Crippen LogP contribution in [-0.2, 0) is 6.42 Å². The van der Waals surface area contributed by atoms with Crippen LogP contribution in [0.3, 0.4) is 0 Å². The monoisotopic (exact) mass is 418 g/mol. The van der Waals surface area contributed by atoms with Crippen LogP contribution in [0, 0.1) is 5.82 Å². The van der Waals surface area contributed by atoms with Crippen molar-refractivity contribution in [1.82, 2.24) is 34.9 Å². The minimum atomic E-state index is -0.360. The smallest absolute Gasteiger partial charge is 0.271 e. The van der Waals surface area contributed by atoms with Crippen molar-refractivity contribution in [3.8, 4) is 0 Å². The van der Waals surface area contributed by atoms with Gasteiger partial charge in [-0.25, -0.2) is 18.9 Å². The number of amides is 1. The Morgan fingerprint density at radius 2 is 2.19 bits per heavy atom. The van der Waals surface area contributed by atoms with Gasteiger partial charge in [0.1, 0.15) is 28.9 Å². The Labute approximate surface area is 176 Å². The number of aromatic nitrogens is 6. The Balaban J connectivity index is 1.43. The lowest BCUT2D eigenvalue weighted by Crippen LogP contribution is -2.37. The molecule has 2 aliphatic rings. The SMILES string of the molecule is O=C(NC1CC1)c1cncc(N2CCc3nc[nH]c3[C@H]2c2cc3c(F)cccn3n2)n1. The number of H-pyrrole nitrogens is 1. The molecule has 0 radical (unpaired) electrons. The van der Waals surface area contributed by atoms with Crippen LogP contribution in [0.2, 0.25) is 0 Å². The molecule has 1 amide bonds. The Kier molecular flexibility index (Phi) is 3.98. The van der Waals surface area contributed by atoms with Gasteiger partial charge >= 0.3 is 0 Å². The van der Waals surface area contributed by atoms with E-state index in [1.165, 1.54) is 16.8 Å². The van der Waals surface area contributed by atoms with Crippen LogP contribution in [0.5, 0.6) is 0 Å². The van der Waals surface area contributed by atoms with Crippen LogP contribution in [0.4, 0.5) is 10.2 Å². The molecule has 1 fully saturated rings. The van der Waals surface area contributed by atoms with E-state index >= 15 is 0 Å². The summed E-state index contributed by atoms with van der Waals surface area (Å²) < 4.78 is 15.8. The highest BCUT2D eigenvalue weighted by atomic mass is 19.1. The van der Waals surface area contributed by atoms with E-state index in [-0.39, 0.29) is 29.5 Å². The van der Waals surface area contributed by atoms with Gasteiger partial charge in [-0.1, -0.05) is 0 Å². The molecule has 2 N–H and O–H groups in total. The summed E-state index contributed by atoms with van der Waals surface area (Å²) in [7, 11) is 0. The Morgan fingerprint density at radius 1 is 1.29 bits per heavy atom. The number of nitrogens with zero attached hydrogens (tertiary/aromatic N) is 6. The van der Waals surface area contributed by atoms with Gasteiger partial charge in [0.25, 0.3) is 5.91 Å². The fraction of sp³-hybridized carbons (Fsp3) is 0.286. The topological polar surface area (TPSA) is 104 Å². The van der Waals surface area contributed by atoms with Crippen LogP contribution in [0.25, 0.3) is 5.52 Å². The molecule has 9 nitrogen and oxygen atoms in total. The third-order valence-corrected chi connectivity index (χ3v) is 5.74. The molecule has 1 aliphatic carbocycles. The van der Waals surface area contributed by atoms with Gasteiger partial charge in [-0.15, -0.1) is 0 Å². The molecule has 31 heavy (non-hydrogen) atoms. The molecule has 1 saturated carbocycles. The number of fused-ring (bicyclic) bond motifs is 2. The molecule has 4 aromatic rings. The van der Waals surface area contributed by atoms with Gasteiger partial charge in [0.15, 0.2) is 0 Å². The summed E-state index contributed by atoms with van der Waals surface area (Å²) in [6.45, 7) is 0.612. The number of nitrogens with one attached hydrogen (secondary N) is 2. The second-order valence-corrected chi connectivity index (χ2v) is 7.87. The Morgan fingerprint density at radius 3 is 3.03 bits per heavy atom. The highest BCUT2D eigenvalue weighted by molar-refractivity contribution is 5.92. The summed E-state index contributed by atoms with van der Waals surface area (Å²) in [5.74, 6) is 0.000597. The Bertz CT molecular complexity index is 1290. The number of hydrogen-bond donors (Lipinski definition) is 2. The number of carbonyl (C=O) groups excluding carboxylic acids is 1. The van der Waals surface area contributed by atoms with E-state index in [1.54, 1.807) is 30.9 Å². The van der Waals surface area contributed by atoms with Crippen molar-refractivity contribution >= 4 is 17.2 Å². The summed E-state index contributed by atoms with van der Waals surface area (Å²) in [4.78, 5) is 31.0. The lowest BCUT2D eigenvalue weighted by Gasteiger charge is -2.34. The second-order valence-electron chi connectivity index (χ2n) is 7.87. The number of carbonyl (C=O) groups is 1. The first-order valence-electron chi connectivity index (χ1n) is 10.2. The average molecular weight is 418 g/mol. The van der Waals surface area contributed by atoms with Gasteiger partial charge in [0.05, 0.1) is 35.8 Å². The highest BCUT2D eigenvalue weighted by Gasteiger charge is 2.34. The summed E-state index contributed by atoms with van der Waals surface area (Å²) in [6.07, 6.45) is 9.19. The molecule has 1 atom stereocenters. The molecule has 5 heterocycles. The molecular weight excluding hydrogens is 399 g/mol. The molecule has 1 aliphatic heterocycles. The molecule has 10 heteroatoms. The molecule has 4 aromatic heterocycles. The first kappa shape index (κ1) is 18.0. The lowest BCUT2D eigenvalue weighted by atomic mass is 10.00. The number of anilines is 1. The zero-order valence-corrected chi connectivity index (χ0v) is 16.5. The fourth-order valence-corrected chi connectivity index (χ4v) is 4.06. The van der Waals surface area contributed by atoms with Gasteiger partial charge in [0, 0.05) is 25.2 Å². The largest absolute Gasteiger partial charge is 0.348 e. The first-order valence-corrected chi connectivity index (χ1v) is 10.2. The predicted molar refractivity (Wildman–Crippen MR) is 109 cm³/mol. The van der Waals surface area contributed by atoms with Gasteiger partial charge in [0.2, 0.25) is 0 Å². The van der Waals surface area contributed by atoms with E-state index in [0.717, 1.165) is 24.2 Å². The highest BCUT2D eigenvalue weighted by Crippen LogP contribution is 2.36. The van der Waals surface area contributed by atoms with Crippen LogP contribution < -0.4 is 10.2 Å². The molecule has 0 aromatic carbocycles. The first-order chi connectivity index (χ1) is 15.2. The number of pyridine rings is 1. The number of halogens is 1. The van der Waals surface area contributed by atoms with Gasteiger partial charge in [-0.05, 0) is 31.0 Å². The van der Waals surface area contributed by atoms with E-state index in [1.807, 2.05) is 4.90 Å². The van der Waals surface area contributed by atoms with E-state index in [2.05, 4.69) is 30.4 Å². The molecule has 0 spiro atoms. The third-order valence-electron chi connectivity index (χ3n) is 5.74. The maximum Gasteiger partial charge on any atom is 0.271 e. The van der Waals surface area contributed by atoms with Crippen LogP contribution >= 0.6 is 0 Å². The zero-order chi connectivity index (χ0) is 20.9. The average Bonchev–Trinajstić information content (AvgIpc) is 3.29. The van der Waals surface area contributed by atoms with Crippen LogP contribution in [0.1, 0.15) is 46.5 Å². The van der Waals surface area contributed by atoms with Crippen molar-refractivity contribution in [1.29, 1.82) is 0 Å². The van der Waals surface area contributed by atoms with E-state index < -0.39 is 0 Å². The van der Waals surface area contributed by atoms with Crippen molar-refractivity contribution in [2.45, 2.75) is 31.3 Å². The summed E-state index contributed by atoms with van der Waals surface area (Å²) in [5, 5.41) is 7.56. The zero-order valence-electron chi connectivity index (χ0n) is 16.5. The van der Waals surface area contributed by atoms with Crippen molar-refractivity contribution in [3.05, 3.63) is 71.7 Å². The van der Waals surface area contributed by atoms with Crippen LogP contribution in [0.15, 0.2) is 43.1 Å².